The fourth-order valence-corrected chi connectivity index (χ4v) is 2.90. The molecule has 0 spiro atoms. The van der Waals surface area contributed by atoms with E-state index in [9.17, 15) is 0 Å². The van der Waals surface area contributed by atoms with E-state index in [-0.39, 0.29) is 5.54 Å². The molecule has 1 saturated carbocycles. The molecule has 0 amide bonds. The van der Waals surface area contributed by atoms with Crippen LogP contribution in [0.1, 0.15) is 38.2 Å². The summed E-state index contributed by atoms with van der Waals surface area (Å²) in [5.74, 6) is 1.25. The molecule has 0 bridgehead atoms. The summed E-state index contributed by atoms with van der Waals surface area (Å²) in [6, 6.07) is 8.53. The van der Waals surface area contributed by atoms with E-state index in [4.69, 9.17) is 5.73 Å². The van der Waals surface area contributed by atoms with E-state index in [2.05, 4.69) is 54.0 Å². The van der Waals surface area contributed by atoms with Crippen LogP contribution in [0.25, 0.3) is 0 Å². The van der Waals surface area contributed by atoms with Crippen molar-refractivity contribution in [3.63, 3.8) is 0 Å². The summed E-state index contributed by atoms with van der Waals surface area (Å²) in [6.45, 7) is 4.48. The maximum absolute atomic E-state index is 6.36. The molecule has 0 aliphatic heterocycles. The average molecular weight is 268 g/mol. The highest BCUT2D eigenvalue weighted by Crippen LogP contribution is 2.53. The van der Waals surface area contributed by atoms with Gasteiger partial charge in [-0.05, 0) is 36.5 Å². The fourth-order valence-electron chi connectivity index (χ4n) is 2.48. The molecule has 2 N–H and O–H groups in total. The highest BCUT2D eigenvalue weighted by atomic mass is 79.9. The second-order valence-corrected chi connectivity index (χ2v) is 6.06. The van der Waals surface area contributed by atoms with E-state index in [0.717, 1.165) is 17.3 Å². The quantitative estimate of drug-likeness (QED) is 0.889. The number of rotatable bonds is 3. The zero-order valence-electron chi connectivity index (χ0n) is 9.33. The Labute approximate surface area is 100 Å². The van der Waals surface area contributed by atoms with Crippen LogP contribution < -0.4 is 5.73 Å². The van der Waals surface area contributed by atoms with Crippen LogP contribution in [0.2, 0.25) is 0 Å². The molecule has 0 aromatic heterocycles. The molecule has 82 valence electrons. The first-order valence-corrected chi connectivity index (χ1v) is 6.35. The first kappa shape index (κ1) is 11.2. The zero-order chi connectivity index (χ0) is 11.1. The summed E-state index contributed by atoms with van der Waals surface area (Å²) in [5.41, 5.74) is 7.80. The minimum atomic E-state index is 0.0644. The molecule has 1 nitrogen and oxygen atoms in total. The average Bonchev–Trinajstić information content (AvgIpc) is 2.76. The lowest BCUT2D eigenvalue weighted by Gasteiger charge is -2.14. The van der Waals surface area contributed by atoms with Crippen molar-refractivity contribution in [3.05, 3.63) is 34.3 Å². The van der Waals surface area contributed by atoms with Gasteiger partial charge < -0.3 is 5.73 Å². The van der Waals surface area contributed by atoms with Crippen LogP contribution in [-0.2, 0) is 0 Å². The number of halogens is 1. The summed E-state index contributed by atoms with van der Waals surface area (Å²) >= 11 is 3.51. The molecule has 15 heavy (non-hydrogen) atoms. The SMILES string of the molecule is CC(C)CC1(N)CC1c1cccc(Br)c1. The number of hydrogen-bond acceptors (Lipinski definition) is 1. The van der Waals surface area contributed by atoms with E-state index in [1.165, 1.54) is 5.56 Å². The van der Waals surface area contributed by atoms with Crippen LogP contribution in [0, 0.1) is 5.92 Å². The first-order valence-electron chi connectivity index (χ1n) is 5.55. The predicted molar refractivity (Wildman–Crippen MR) is 67.9 cm³/mol. The minimum Gasteiger partial charge on any atom is -0.325 e. The minimum absolute atomic E-state index is 0.0644. The Kier molecular flexibility index (Phi) is 2.91. The highest BCUT2D eigenvalue weighted by Gasteiger charge is 2.51. The second-order valence-electron chi connectivity index (χ2n) is 5.14. The van der Waals surface area contributed by atoms with E-state index in [1.54, 1.807) is 0 Å². The molecule has 1 aromatic carbocycles. The highest BCUT2D eigenvalue weighted by molar-refractivity contribution is 9.10. The summed E-state index contributed by atoms with van der Waals surface area (Å²) in [7, 11) is 0. The zero-order valence-corrected chi connectivity index (χ0v) is 10.9. The Hall–Kier alpha value is -0.340. The van der Waals surface area contributed by atoms with Crippen molar-refractivity contribution in [1.29, 1.82) is 0 Å². The molecule has 0 heterocycles. The van der Waals surface area contributed by atoms with Gasteiger partial charge in [0.15, 0.2) is 0 Å². The van der Waals surface area contributed by atoms with Gasteiger partial charge in [0, 0.05) is 15.9 Å². The predicted octanol–water partition coefficient (Wildman–Crippen LogP) is 3.68. The van der Waals surface area contributed by atoms with Crippen molar-refractivity contribution >= 4 is 15.9 Å². The van der Waals surface area contributed by atoms with Gasteiger partial charge >= 0.3 is 0 Å². The Morgan fingerprint density at radius 1 is 1.53 bits per heavy atom. The lowest BCUT2D eigenvalue weighted by Crippen LogP contribution is -2.26. The number of nitrogens with two attached hydrogens (primary N) is 1. The van der Waals surface area contributed by atoms with Crippen molar-refractivity contribution in [2.24, 2.45) is 11.7 Å². The molecule has 0 radical (unpaired) electrons. The van der Waals surface area contributed by atoms with Gasteiger partial charge in [-0.3, -0.25) is 0 Å². The van der Waals surface area contributed by atoms with Gasteiger partial charge in [-0.2, -0.15) is 0 Å². The van der Waals surface area contributed by atoms with Crippen molar-refractivity contribution in [3.8, 4) is 0 Å². The lowest BCUT2D eigenvalue weighted by molar-refractivity contribution is 0.474. The molecule has 2 unspecified atom stereocenters. The standard InChI is InChI=1S/C13H18BrN/c1-9(2)7-13(15)8-12(13)10-4-3-5-11(14)6-10/h3-6,9,12H,7-8,15H2,1-2H3. The molecule has 1 aliphatic carbocycles. The van der Waals surface area contributed by atoms with Crippen molar-refractivity contribution in [1.82, 2.24) is 0 Å². The van der Waals surface area contributed by atoms with Crippen LogP contribution in [0.4, 0.5) is 0 Å². The smallest absolute Gasteiger partial charge is 0.0233 e. The summed E-state index contributed by atoms with van der Waals surface area (Å²) in [6.07, 6.45) is 2.27. The van der Waals surface area contributed by atoms with Crippen LogP contribution in [0.5, 0.6) is 0 Å². The van der Waals surface area contributed by atoms with Gasteiger partial charge in [-0.15, -0.1) is 0 Å². The normalized spacial score (nSPS) is 29.5. The third-order valence-electron chi connectivity index (χ3n) is 3.16. The number of hydrogen-bond donors (Lipinski definition) is 1. The fraction of sp³-hybridized carbons (Fsp3) is 0.538. The third-order valence-corrected chi connectivity index (χ3v) is 3.65. The topological polar surface area (TPSA) is 26.0 Å². The molecule has 1 aromatic rings. The monoisotopic (exact) mass is 267 g/mol. The molecular weight excluding hydrogens is 250 g/mol. The molecule has 1 fully saturated rings. The summed E-state index contributed by atoms with van der Waals surface area (Å²) in [5, 5.41) is 0. The molecular formula is C13H18BrN. The Morgan fingerprint density at radius 3 is 2.87 bits per heavy atom. The Balaban J connectivity index is 2.10. The van der Waals surface area contributed by atoms with E-state index in [0.29, 0.717) is 11.8 Å². The van der Waals surface area contributed by atoms with Crippen LogP contribution in [0.3, 0.4) is 0 Å². The van der Waals surface area contributed by atoms with E-state index < -0.39 is 0 Å². The largest absolute Gasteiger partial charge is 0.325 e. The van der Waals surface area contributed by atoms with Crippen LogP contribution in [-0.4, -0.2) is 5.54 Å². The van der Waals surface area contributed by atoms with Crippen LogP contribution >= 0.6 is 15.9 Å². The van der Waals surface area contributed by atoms with Crippen molar-refractivity contribution in [2.75, 3.05) is 0 Å². The van der Waals surface area contributed by atoms with E-state index in [1.807, 2.05) is 0 Å². The maximum atomic E-state index is 6.36. The summed E-state index contributed by atoms with van der Waals surface area (Å²) < 4.78 is 1.15. The Bertz CT molecular complexity index is 361. The van der Waals surface area contributed by atoms with Gasteiger partial charge in [-0.1, -0.05) is 41.9 Å². The van der Waals surface area contributed by atoms with Gasteiger partial charge in [-0.25, -0.2) is 0 Å². The van der Waals surface area contributed by atoms with E-state index >= 15 is 0 Å². The molecule has 2 atom stereocenters. The maximum Gasteiger partial charge on any atom is 0.0233 e. The number of benzene rings is 1. The van der Waals surface area contributed by atoms with Gasteiger partial charge in [0.25, 0.3) is 0 Å². The van der Waals surface area contributed by atoms with Gasteiger partial charge in [0.2, 0.25) is 0 Å². The molecule has 1 aliphatic rings. The Morgan fingerprint density at radius 2 is 2.27 bits per heavy atom. The molecule has 2 heteroatoms. The second kappa shape index (κ2) is 3.91. The molecule has 2 rings (SSSR count). The van der Waals surface area contributed by atoms with Crippen LogP contribution in [0.15, 0.2) is 28.7 Å². The van der Waals surface area contributed by atoms with Gasteiger partial charge in [0.1, 0.15) is 0 Å². The van der Waals surface area contributed by atoms with Gasteiger partial charge in [0.05, 0.1) is 0 Å². The third kappa shape index (κ3) is 2.43. The summed E-state index contributed by atoms with van der Waals surface area (Å²) in [4.78, 5) is 0. The van der Waals surface area contributed by atoms with Crippen molar-refractivity contribution < 1.29 is 0 Å². The first-order chi connectivity index (χ1) is 7.01. The molecule has 0 saturated heterocycles. The lowest BCUT2D eigenvalue weighted by atomic mass is 9.98. The van der Waals surface area contributed by atoms with Crippen molar-refractivity contribution in [2.45, 2.75) is 38.1 Å².